The number of ether oxygens (including phenoxy) is 2. The maximum Gasteiger partial charge on any atom is 0.231 e. The zero-order chi connectivity index (χ0) is 12.5. The van der Waals surface area contributed by atoms with Crippen LogP contribution in [0, 0.1) is 12.8 Å². The molecule has 98 valence electrons. The van der Waals surface area contributed by atoms with Crippen molar-refractivity contribution in [3.05, 3.63) is 21.7 Å². The third kappa shape index (κ3) is 2.24. The second-order valence-corrected chi connectivity index (χ2v) is 5.91. The van der Waals surface area contributed by atoms with Crippen LogP contribution in [-0.2, 0) is 6.42 Å². The van der Waals surface area contributed by atoms with Crippen molar-refractivity contribution < 1.29 is 9.47 Å². The maximum absolute atomic E-state index is 5.53. The molecule has 3 rings (SSSR count). The predicted molar refractivity (Wildman–Crippen MR) is 74.3 cm³/mol. The molecule has 1 N–H and O–H groups in total. The van der Waals surface area contributed by atoms with Gasteiger partial charge in [0.05, 0.1) is 4.47 Å². The molecule has 0 radical (unpaired) electrons. The van der Waals surface area contributed by atoms with Gasteiger partial charge < -0.3 is 14.8 Å². The minimum absolute atomic E-state index is 0.337. The number of hydrogen-bond acceptors (Lipinski definition) is 3. The fraction of sp³-hybridized carbons (Fsp3) is 0.571. The smallest absolute Gasteiger partial charge is 0.231 e. The Balaban J connectivity index is 1.87. The molecule has 2 aliphatic heterocycles. The van der Waals surface area contributed by atoms with Crippen LogP contribution in [0.25, 0.3) is 0 Å². The molecule has 0 unspecified atom stereocenters. The van der Waals surface area contributed by atoms with E-state index in [1.165, 1.54) is 24.0 Å². The van der Waals surface area contributed by atoms with Gasteiger partial charge in [0.25, 0.3) is 0 Å². The van der Waals surface area contributed by atoms with E-state index < -0.39 is 0 Å². The number of rotatable bonds is 2. The first-order valence-electron chi connectivity index (χ1n) is 6.54. The molecule has 3 nitrogen and oxygen atoms in total. The number of piperidine rings is 1. The number of nitrogens with one attached hydrogen (secondary N) is 1. The molecule has 0 atom stereocenters. The quantitative estimate of drug-likeness (QED) is 0.910. The van der Waals surface area contributed by atoms with Crippen molar-refractivity contribution in [3.8, 4) is 11.5 Å². The summed E-state index contributed by atoms with van der Waals surface area (Å²) in [6.07, 6.45) is 3.66. The van der Waals surface area contributed by atoms with Gasteiger partial charge in [-0.05, 0) is 78.3 Å². The minimum Gasteiger partial charge on any atom is -0.454 e. The molecule has 0 spiro atoms. The third-order valence-corrected chi connectivity index (χ3v) is 4.72. The van der Waals surface area contributed by atoms with Crippen LogP contribution >= 0.6 is 15.9 Å². The van der Waals surface area contributed by atoms with E-state index in [4.69, 9.17) is 9.47 Å². The Bertz CT molecular complexity index is 456. The van der Waals surface area contributed by atoms with Crippen LogP contribution in [0.4, 0.5) is 0 Å². The summed E-state index contributed by atoms with van der Waals surface area (Å²) in [4.78, 5) is 0. The SMILES string of the molecule is Cc1cc2c(c(Br)c1CC1CCNCC1)OCO2. The Hall–Kier alpha value is -0.740. The van der Waals surface area contributed by atoms with Gasteiger partial charge >= 0.3 is 0 Å². The predicted octanol–water partition coefficient (Wildman–Crippen LogP) is 3.03. The first-order valence-corrected chi connectivity index (χ1v) is 7.33. The molecule has 2 heterocycles. The first kappa shape index (κ1) is 12.3. The van der Waals surface area contributed by atoms with Crippen molar-refractivity contribution in [2.45, 2.75) is 26.2 Å². The number of halogens is 1. The summed E-state index contributed by atoms with van der Waals surface area (Å²) in [5, 5.41) is 3.41. The van der Waals surface area contributed by atoms with Crippen LogP contribution in [0.5, 0.6) is 11.5 Å². The lowest BCUT2D eigenvalue weighted by atomic mass is 9.89. The highest BCUT2D eigenvalue weighted by molar-refractivity contribution is 9.10. The van der Waals surface area contributed by atoms with Crippen LogP contribution in [0.1, 0.15) is 24.0 Å². The van der Waals surface area contributed by atoms with E-state index in [1.807, 2.05) is 0 Å². The lowest BCUT2D eigenvalue weighted by Gasteiger charge is -2.24. The van der Waals surface area contributed by atoms with E-state index in [9.17, 15) is 0 Å². The van der Waals surface area contributed by atoms with Crippen molar-refractivity contribution in [3.63, 3.8) is 0 Å². The van der Waals surface area contributed by atoms with E-state index in [2.05, 4.69) is 34.2 Å². The fourth-order valence-electron chi connectivity index (χ4n) is 2.79. The molecular formula is C14H18BrNO2. The number of benzene rings is 1. The maximum atomic E-state index is 5.53. The highest BCUT2D eigenvalue weighted by Crippen LogP contribution is 2.43. The van der Waals surface area contributed by atoms with Crippen LogP contribution in [0.15, 0.2) is 10.5 Å². The van der Waals surface area contributed by atoms with Crippen molar-refractivity contribution >= 4 is 15.9 Å². The molecule has 0 aliphatic carbocycles. The second kappa shape index (κ2) is 5.10. The molecule has 1 aromatic rings. The Labute approximate surface area is 116 Å². The average Bonchev–Trinajstić information content (AvgIpc) is 2.84. The summed E-state index contributed by atoms with van der Waals surface area (Å²) in [7, 11) is 0. The Morgan fingerprint density at radius 2 is 2.11 bits per heavy atom. The summed E-state index contributed by atoms with van der Waals surface area (Å²) in [5.74, 6) is 2.53. The molecule has 1 aromatic carbocycles. The van der Waals surface area contributed by atoms with Crippen molar-refractivity contribution in [2.24, 2.45) is 5.92 Å². The van der Waals surface area contributed by atoms with Gasteiger partial charge in [-0.1, -0.05) is 0 Å². The Morgan fingerprint density at radius 3 is 2.89 bits per heavy atom. The molecule has 18 heavy (non-hydrogen) atoms. The van der Waals surface area contributed by atoms with Crippen LogP contribution in [-0.4, -0.2) is 19.9 Å². The van der Waals surface area contributed by atoms with Crippen LogP contribution < -0.4 is 14.8 Å². The molecule has 0 bridgehead atoms. The minimum atomic E-state index is 0.337. The van der Waals surface area contributed by atoms with Gasteiger partial charge in [0.1, 0.15) is 0 Å². The fourth-order valence-corrected chi connectivity index (χ4v) is 3.57. The van der Waals surface area contributed by atoms with Gasteiger partial charge in [-0.3, -0.25) is 0 Å². The zero-order valence-electron chi connectivity index (χ0n) is 10.6. The molecule has 1 saturated heterocycles. The molecule has 0 amide bonds. The Kier molecular flexibility index (Phi) is 3.48. The molecule has 2 aliphatic rings. The van der Waals surface area contributed by atoms with E-state index in [-0.39, 0.29) is 0 Å². The topological polar surface area (TPSA) is 30.5 Å². The van der Waals surface area contributed by atoms with Crippen LogP contribution in [0.3, 0.4) is 0 Å². The summed E-state index contributed by atoms with van der Waals surface area (Å²) in [6.45, 7) is 4.78. The monoisotopic (exact) mass is 311 g/mol. The lowest BCUT2D eigenvalue weighted by molar-refractivity contribution is 0.173. The standard InChI is InChI=1S/C14H18BrNO2/c1-9-6-12-14(18-8-17-12)13(15)11(9)7-10-2-4-16-5-3-10/h6,10,16H,2-5,7-8H2,1H3. The van der Waals surface area contributed by atoms with Gasteiger partial charge in [-0.2, -0.15) is 0 Å². The van der Waals surface area contributed by atoms with Gasteiger partial charge in [0, 0.05) is 0 Å². The average molecular weight is 312 g/mol. The van der Waals surface area contributed by atoms with E-state index in [0.29, 0.717) is 6.79 Å². The van der Waals surface area contributed by atoms with Gasteiger partial charge in [0.15, 0.2) is 11.5 Å². The highest BCUT2D eigenvalue weighted by Gasteiger charge is 2.23. The summed E-state index contributed by atoms with van der Waals surface area (Å²) in [6, 6.07) is 2.10. The second-order valence-electron chi connectivity index (χ2n) is 5.12. The molecule has 0 aromatic heterocycles. The summed E-state index contributed by atoms with van der Waals surface area (Å²) < 4.78 is 12.1. The molecule has 0 saturated carbocycles. The van der Waals surface area contributed by atoms with Gasteiger partial charge in [-0.15, -0.1) is 0 Å². The van der Waals surface area contributed by atoms with Crippen LogP contribution in [0.2, 0.25) is 0 Å². The third-order valence-electron chi connectivity index (χ3n) is 3.88. The zero-order valence-corrected chi connectivity index (χ0v) is 12.2. The van der Waals surface area contributed by atoms with Crippen molar-refractivity contribution in [1.82, 2.24) is 5.32 Å². The van der Waals surface area contributed by atoms with Gasteiger partial charge in [-0.25, -0.2) is 0 Å². The Morgan fingerprint density at radius 1 is 1.33 bits per heavy atom. The molecular weight excluding hydrogens is 294 g/mol. The van der Waals surface area contributed by atoms with Crippen molar-refractivity contribution in [2.75, 3.05) is 19.9 Å². The summed E-state index contributed by atoms with van der Waals surface area (Å²) in [5.41, 5.74) is 2.68. The first-order chi connectivity index (χ1) is 8.75. The van der Waals surface area contributed by atoms with E-state index in [1.54, 1.807) is 0 Å². The molecule has 1 fully saturated rings. The van der Waals surface area contributed by atoms with E-state index >= 15 is 0 Å². The van der Waals surface area contributed by atoms with E-state index in [0.717, 1.165) is 41.4 Å². The highest BCUT2D eigenvalue weighted by atomic mass is 79.9. The number of fused-ring (bicyclic) bond motifs is 1. The normalized spacial score (nSPS) is 19.2. The lowest BCUT2D eigenvalue weighted by Crippen LogP contribution is -2.28. The largest absolute Gasteiger partial charge is 0.454 e. The van der Waals surface area contributed by atoms with Gasteiger partial charge in [0.2, 0.25) is 6.79 Å². The summed E-state index contributed by atoms with van der Waals surface area (Å²) >= 11 is 3.69. The number of hydrogen-bond donors (Lipinski definition) is 1. The number of aryl methyl sites for hydroxylation is 1. The molecule has 4 heteroatoms. The van der Waals surface area contributed by atoms with Crippen molar-refractivity contribution in [1.29, 1.82) is 0 Å².